The molecule has 5 heterocycles. The van der Waals surface area contributed by atoms with E-state index in [1.807, 2.05) is 0 Å². The van der Waals surface area contributed by atoms with Gasteiger partial charge in [-0.1, -0.05) is 0 Å². The van der Waals surface area contributed by atoms with Crippen LogP contribution in [0.25, 0.3) is 0 Å². The molecule has 0 radical (unpaired) electrons. The first kappa shape index (κ1) is 43.2. The molecular weight excluding hydrogens is 732 g/mol. The molecule has 310 valence electrons. The molecule has 5 aliphatic heterocycles. The highest BCUT2D eigenvalue weighted by Crippen LogP contribution is 2.36. The van der Waals surface area contributed by atoms with Gasteiger partial charge in [0.25, 0.3) is 0 Å². The fourth-order valence-electron chi connectivity index (χ4n) is 6.64. The number of rotatable bonds is 11. The van der Waals surface area contributed by atoms with Crippen LogP contribution in [0.2, 0.25) is 0 Å². The molecule has 5 aliphatic rings. The van der Waals surface area contributed by atoms with E-state index in [2.05, 4.69) is 0 Å². The largest absolute Gasteiger partial charge is 0.394 e. The fourth-order valence-corrected chi connectivity index (χ4v) is 6.64. The Morgan fingerprint density at radius 1 is 0.415 bits per heavy atom. The van der Waals surface area contributed by atoms with E-state index in [9.17, 15) is 76.6 Å². The molecule has 0 saturated carbocycles. The normalized spacial score (nSPS) is 54.1. The van der Waals surface area contributed by atoms with E-state index >= 15 is 0 Å². The van der Waals surface area contributed by atoms with Gasteiger partial charge in [0.2, 0.25) is 0 Å². The number of hydrogen-bond acceptors (Lipinski definition) is 24. The zero-order chi connectivity index (χ0) is 39.0. The van der Waals surface area contributed by atoms with Crippen molar-refractivity contribution < 1.29 is 119 Å². The van der Waals surface area contributed by atoms with E-state index in [0.717, 1.165) is 0 Å². The summed E-state index contributed by atoms with van der Waals surface area (Å²) in [5.41, 5.74) is 0. The van der Waals surface area contributed by atoms with E-state index in [-0.39, 0.29) is 0 Å². The predicted octanol–water partition coefficient (Wildman–Crippen LogP) is -10.3. The smallest absolute Gasteiger partial charge is 0.187 e. The summed E-state index contributed by atoms with van der Waals surface area (Å²) in [6.45, 7) is -1.93. The molecule has 0 aliphatic carbocycles. The zero-order valence-corrected chi connectivity index (χ0v) is 28.1. The molecule has 24 atom stereocenters. The molecule has 5 fully saturated rings. The van der Waals surface area contributed by atoms with E-state index in [4.69, 9.17) is 42.6 Å². The summed E-state index contributed by atoms with van der Waals surface area (Å²) in [6.07, 6.45) is -42.6. The van der Waals surface area contributed by atoms with Crippen LogP contribution in [0.5, 0.6) is 0 Å². The molecule has 0 aromatic rings. The topological polar surface area (TPSA) is 387 Å². The van der Waals surface area contributed by atoms with Gasteiger partial charge >= 0.3 is 0 Å². The maximum absolute atomic E-state index is 11.3. The Morgan fingerprint density at radius 2 is 0.925 bits per heavy atom. The number of hydrogen-bond donors (Lipinski definition) is 15. The Balaban J connectivity index is 1.41. The van der Waals surface area contributed by atoms with Crippen LogP contribution in [0.15, 0.2) is 0 Å². The molecule has 0 aromatic carbocycles. The average molecular weight is 783 g/mol. The van der Waals surface area contributed by atoms with Crippen molar-refractivity contribution in [3.63, 3.8) is 0 Å². The Hall–Kier alpha value is -0.960. The van der Waals surface area contributed by atoms with Gasteiger partial charge in [-0.15, -0.1) is 0 Å². The minimum absolute atomic E-state index is 0.604. The van der Waals surface area contributed by atoms with Crippen molar-refractivity contribution in [3.8, 4) is 0 Å². The molecule has 53 heavy (non-hydrogen) atoms. The summed E-state index contributed by atoms with van der Waals surface area (Å²) >= 11 is 0. The SMILES string of the molecule is C[C@@H]1O[C@@H](O[C@@H]2CO[C@@H](O[C@H]3[C@H](O[C@@H]4[C@H](O)[C@@H](O)[C@H](O)O[C@@H]4CO)O[C@H](CO)[C@@H](O)[C@@H]3O[C@@H]3O[C@H](CO)[C@@H](O)[C@H](O)[C@H]3O)[C@H](O)[C@H]2O)[C@H](O)[C@H](O)[C@H]1O. The highest BCUT2D eigenvalue weighted by Gasteiger charge is 2.56. The third-order valence-corrected chi connectivity index (χ3v) is 9.91. The number of aliphatic hydroxyl groups is 15. The van der Waals surface area contributed by atoms with Crippen molar-refractivity contribution >= 4 is 0 Å². The first-order chi connectivity index (χ1) is 25.0. The standard InChI is InChI=1S/C29H50O24/c1-6-11(33)15(37)20(42)27(46-6)50-10-5-45-26(19(41)13(10)35)53-24-23(52-28-21(43)16(38)12(34)7(2-30)48-28)14(36)8(3-31)49-29(24)51-22-9(4-32)47-25(44)18(40)17(22)39/h6-44H,2-5H2,1H3/t6-,7+,8+,9+,10+,11-,12+,13-,14+,15+,16-,17+,18+,19+,20+,21+,22-,23-,24+,25+,26-,27-,28-,29-/m0/s1. The Kier molecular flexibility index (Phi) is 14.7. The van der Waals surface area contributed by atoms with Crippen LogP contribution in [0.4, 0.5) is 0 Å². The lowest BCUT2D eigenvalue weighted by atomic mass is 9.95. The van der Waals surface area contributed by atoms with Gasteiger partial charge in [-0.3, -0.25) is 0 Å². The summed E-state index contributed by atoms with van der Waals surface area (Å²) in [7, 11) is 0. The third kappa shape index (κ3) is 8.81. The van der Waals surface area contributed by atoms with Crippen molar-refractivity contribution in [2.75, 3.05) is 26.4 Å². The fraction of sp³-hybridized carbons (Fsp3) is 1.00. The van der Waals surface area contributed by atoms with Crippen molar-refractivity contribution in [3.05, 3.63) is 0 Å². The summed E-state index contributed by atoms with van der Waals surface area (Å²) < 4.78 is 50.3. The summed E-state index contributed by atoms with van der Waals surface area (Å²) in [6, 6.07) is 0. The third-order valence-electron chi connectivity index (χ3n) is 9.91. The molecule has 0 unspecified atom stereocenters. The van der Waals surface area contributed by atoms with Gasteiger partial charge in [0, 0.05) is 0 Å². The Labute approximate surface area is 300 Å². The Morgan fingerprint density at radius 3 is 1.55 bits per heavy atom. The van der Waals surface area contributed by atoms with E-state index < -0.39 is 174 Å². The molecule has 0 spiro atoms. The predicted molar refractivity (Wildman–Crippen MR) is 159 cm³/mol. The number of ether oxygens (including phenoxy) is 9. The van der Waals surface area contributed by atoms with Crippen LogP contribution >= 0.6 is 0 Å². The lowest BCUT2D eigenvalue weighted by Gasteiger charge is -2.50. The second-order valence-corrected chi connectivity index (χ2v) is 13.5. The van der Waals surface area contributed by atoms with Gasteiger partial charge in [-0.05, 0) is 6.92 Å². The minimum Gasteiger partial charge on any atom is -0.394 e. The second-order valence-electron chi connectivity index (χ2n) is 13.5. The molecule has 24 nitrogen and oxygen atoms in total. The molecule has 0 bridgehead atoms. The van der Waals surface area contributed by atoms with E-state index in [1.165, 1.54) is 6.92 Å². The lowest BCUT2D eigenvalue weighted by Crippen LogP contribution is -2.68. The maximum atomic E-state index is 11.3. The van der Waals surface area contributed by atoms with Crippen LogP contribution in [-0.2, 0) is 42.6 Å². The molecular formula is C29H50O24. The lowest BCUT2D eigenvalue weighted by molar-refractivity contribution is -0.404. The maximum Gasteiger partial charge on any atom is 0.187 e. The van der Waals surface area contributed by atoms with Crippen molar-refractivity contribution in [2.45, 2.75) is 154 Å². The van der Waals surface area contributed by atoms with Crippen LogP contribution in [-0.4, -0.2) is 250 Å². The first-order valence-electron chi connectivity index (χ1n) is 16.9. The minimum atomic E-state index is -2.05. The van der Waals surface area contributed by atoms with Crippen molar-refractivity contribution in [2.24, 2.45) is 0 Å². The molecule has 15 N–H and O–H groups in total. The molecule has 0 amide bonds. The second kappa shape index (κ2) is 18.1. The summed E-state index contributed by atoms with van der Waals surface area (Å²) in [5.74, 6) is 0. The quantitative estimate of drug-likeness (QED) is 0.0925. The van der Waals surface area contributed by atoms with Gasteiger partial charge in [0.15, 0.2) is 31.5 Å². The van der Waals surface area contributed by atoms with Crippen LogP contribution < -0.4 is 0 Å². The van der Waals surface area contributed by atoms with Gasteiger partial charge in [0.1, 0.15) is 110 Å². The summed E-state index contributed by atoms with van der Waals surface area (Å²) in [4.78, 5) is 0. The van der Waals surface area contributed by atoms with Gasteiger partial charge < -0.3 is 119 Å². The monoisotopic (exact) mass is 782 g/mol. The first-order valence-corrected chi connectivity index (χ1v) is 16.9. The van der Waals surface area contributed by atoms with Crippen molar-refractivity contribution in [1.82, 2.24) is 0 Å². The average Bonchev–Trinajstić information content (AvgIpc) is 3.14. The van der Waals surface area contributed by atoms with E-state index in [0.29, 0.717) is 0 Å². The van der Waals surface area contributed by atoms with Gasteiger partial charge in [-0.25, -0.2) is 0 Å². The Bertz CT molecular complexity index is 1140. The summed E-state index contributed by atoms with van der Waals surface area (Å²) in [5, 5.41) is 156. The highest BCUT2D eigenvalue weighted by molar-refractivity contribution is 4.98. The van der Waals surface area contributed by atoms with Crippen molar-refractivity contribution in [1.29, 1.82) is 0 Å². The van der Waals surface area contributed by atoms with Gasteiger partial charge in [-0.2, -0.15) is 0 Å². The molecule has 5 rings (SSSR count). The highest BCUT2D eigenvalue weighted by atomic mass is 16.8. The molecule has 0 aromatic heterocycles. The van der Waals surface area contributed by atoms with E-state index in [1.54, 1.807) is 0 Å². The molecule has 24 heteroatoms. The van der Waals surface area contributed by atoms with Gasteiger partial charge in [0.05, 0.1) is 32.5 Å². The van der Waals surface area contributed by atoms with Crippen LogP contribution in [0.3, 0.4) is 0 Å². The number of aliphatic hydroxyl groups excluding tert-OH is 15. The molecule has 5 saturated heterocycles. The van der Waals surface area contributed by atoms with Crippen LogP contribution in [0, 0.1) is 0 Å². The zero-order valence-electron chi connectivity index (χ0n) is 28.1. The van der Waals surface area contributed by atoms with Crippen LogP contribution in [0.1, 0.15) is 6.92 Å².